The first-order valence-corrected chi connectivity index (χ1v) is 15.0. The molecule has 254 valence electrons. The zero-order valence-electron chi connectivity index (χ0n) is 27.0. The van der Waals surface area contributed by atoms with Crippen LogP contribution in [0.4, 0.5) is 0 Å². The van der Waals surface area contributed by atoms with Crippen LogP contribution in [0.3, 0.4) is 0 Å². The van der Waals surface area contributed by atoms with Crippen molar-refractivity contribution >= 4 is 29.6 Å². The Balaban J connectivity index is 1.88. The van der Waals surface area contributed by atoms with Crippen LogP contribution in [0.15, 0.2) is 49.1 Å². The highest BCUT2D eigenvalue weighted by atomic mass is 16.5. The predicted molar refractivity (Wildman–Crippen MR) is 167 cm³/mol. The number of carbonyl (C=O) groups is 5. The molecule has 0 aromatic heterocycles. The number of ether oxygens (including phenoxy) is 5. The zero-order chi connectivity index (χ0) is 34.7. The van der Waals surface area contributed by atoms with Crippen molar-refractivity contribution in [2.24, 2.45) is 5.41 Å². The maximum absolute atomic E-state index is 13.8. The van der Waals surface area contributed by atoms with Crippen molar-refractivity contribution in [2.45, 2.75) is 58.1 Å². The van der Waals surface area contributed by atoms with Gasteiger partial charge in [0.05, 0.1) is 19.6 Å². The van der Waals surface area contributed by atoms with E-state index in [-0.39, 0.29) is 49.7 Å². The second-order valence-corrected chi connectivity index (χ2v) is 11.6. The molecule has 2 aromatic rings. The van der Waals surface area contributed by atoms with Gasteiger partial charge in [-0.25, -0.2) is 14.4 Å². The van der Waals surface area contributed by atoms with Gasteiger partial charge in [0.2, 0.25) is 11.5 Å². The monoisotopic (exact) mass is 655 g/mol. The van der Waals surface area contributed by atoms with Crippen LogP contribution in [0.2, 0.25) is 0 Å². The van der Waals surface area contributed by atoms with E-state index in [1.807, 2.05) is 0 Å². The van der Waals surface area contributed by atoms with Crippen LogP contribution in [0, 0.1) is 5.41 Å². The fraction of sp³-hybridized carbons (Fsp3) is 0.441. The average Bonchev–Trinajstić information content (AvgIpc) is 3.07. The number of likely N-dealkylation sites (tertiary alicyclic amines) is 1. The van der Waals surface area contributed by atoms with Gasteiger partial charge in [0.1, 0.15) is 24.5 Å². The molecular formula is C34H41NO12. The summed E-state index contributed by atoms with van der Waals surface area (Å²) in [4.78, 5) is 64.3. The molecule has 13 nitrogen and oxygen atoms in total. The number of esters is 2. The van der Waals surface area contributed by atoms with Gasteiger partial charge in [0.15, 0.2) is 18.1 Å². The number of benzene rings is 2. The minimum absolute atomic E-state index is 0.139. The summed E-state index contributed by atoms with van der Waals surface area (Å²) >= 11 is 0. The molecule has 3 rings (SSSR count). The maximum atomic E-state index is 13.8. The minimum Gasteiger partial charge on any atom is -0.504 e. The molecule has 1 saturated heterocycles. The Labute approximate surface area is 273 Å². The van der Waals surface area contributed by atoms with E-state index in [0.29, 0.717) is 29.7 Å². The number of carboxylic acid groups (broad SMARTS) is 1. The molecule has 0 radical (unpaired) electrons. The number of methoxy groups -OCH3 is 2. The Morgan fingerprint density at radius 2 is 1.83 bits per heavy atom. The van der Waals surface area contributed by atoms with E-state index < -0.39 is 53.8 Å². The maximum Gasteiger partial charge on any atom is 0.341 e. The quantitative estimate of drug-likeness (QED) is 0.152. The fourth-order valence-electron chi connectivity index (χ4n) is 5.12. The average molecular weight is 656 g/mol. The van der Waals surface area contributed by atoms with Gasteiger partial charge in [-0.05, 0) is 75.3 Å². The normalized spacial score (nSPS) is 15.1. The van der Waals surface area contributed by atoms with Crippen LogP contribution in [0.1, 0.15) is 56.8 Å². The number of ketones is 1. The van der Waals surface area contributed by atoms with Gasteiger partial charge in [-0.3, -0.25) is 9.59 Å². The summed E-state index contributed by atoms with van der Waals surface area (Å²) in [5.74, 6) is -3.77. The lowest BCUT2D eigenvalue weighted by Gasteiger charge is -2.36. The summed E-state index contributed by atoms with van der Waals surface area (Å²) in [5, 5.41) is 19.9. The molecule has 0 saturated carbocycles. The van der Waals surface area contributed by atoms with E-state index in [2.05, 4.69) is 6.58 Å². The summed E-state index contributed by atoms with van der Waals surface area (Å²) in [6.07, 6.45) is 1.85. The van der Waals surface area contributed by atoms with Crippen molar-refractivity contribution in [3.05, 3.63) is 60.2 Å². The van der Waals surface area contributed by atoms with Gasteiger partial charge in [-0.15, -0.1) is 0 Å². The topological polar surface area (TPSA) is 175 Å². The molecule has 0 spiro atoms. The Morgan fingerprint density at radius 3 is 2.49 bits per heavy atom. The number of aromatic hydroxyl groups is 1. The van der Waals surface area contributed by atoms with Gasteiger partial charge >= 0.3 is 17.9 Å². The highest BCUT2D eigenvalue weighted by molar-refractivity contribution is 6.38. The Bertz CT molecular complexity index is 1480. The number of carboxylic acids is 1. The lowest BCUT2D eigenvalue weighted by molar-refractivity contribution is -0.165. The molecule has 0 aliphatic carbocycles. The molecule has 0 unspecified atom stereocenters. The lowest BCUT2D eigenvalue weighted by Crippen LogP contribution is -2.53. The van der Waals surface area contributed by atoms with Crippen LogP contribution in [0.25, 0.3) is 0 Å². The smallest absolute Gasteiger partial charge is 0.341 e. The van der Waals surface area contributed by atoms with Gasteiger partial charge in [0.25, 0.3) is 5.91 Å². The summed E-state index contributed by atoms with van der Waals surface area (Å²) in [7, 11) is 2.84. The Morgan fingerprint density at radius 1 is 1.09 bits per heavy atom. The highest BCUT2D eigenvalue weighted by Gasteiger charge is 2.42. The van der Waals surface area contributed by atoms with Crippen LogP contribution in [-0.2, 0) is 39.9 Å². The number of Topliss-reactive ketones (excluding diaryl/α,β-unsaturated/α-hetero) is 1. The molecule has 1 heterocycles. The molecule has 1 aliphatic heterocycles. The number of aliphatic carboxylic acids is 1. The van der Waals surface area contributed by atoms with Crippen LogP contribution < -0.4 is 14.2 Å². The van der Waals surface area contributed by atoms with E-state index in [1.54, 1.807) is 36.4 Å². The standard InChI is InChI=1S/C34H41NO12/c1-6-28(38)46-20-34(2,3)31(40)32(41)35-17-8-7-12-24(35)33(42)47-25(22-10-9-11-23(18-22)45-19-27(36)37)15-13-21-14-16-26(43-4)30(44-5)29(21)39/h6,9-11,14,16,18,24-25,39H,1,7-8,12-13,15,17,19-20H2,2-5H3,(H,36,37)/t24-,25+/m0/s1. The van der Waals surface area contributed by atoms with Crippen molar-refractivity contribution < 1.29 is 57.9 Å². The molecule has 1 fully saturated rings. The lowest BCUT2D eigenvalue weighted by atomic mass is 9.87. The number of aryl methyl sites for hydroxylation is 1. The number of nitrogens with zero attached hydrogens (tertiary/aromatic N) is 1. The first-order chi connectivity index (χ1) is 22.3. The number of phenols is 1. The predicted octanol–water partition coefficient (Wildman–Crippen LogP) is 3.80. The van der Waals surface area contributed by atoms with E-state index in [9.17, 15) is 29.1 Å². The Hall–Kier alpha value is -5.07. The second-order valence-electron chi connectivity index (χ2n) is 11.6. The van der Waals surface area contributed by atoms with Crippen molar-refractivity contribution in [1.82, 2.24) is 4.90 Å². The van der Waals surface area contributed by atoms with Crippen LogP contribution >= 0.6 is 0 Å². The molecule has 2 N–H and O–H groups in total. The van der Waals surface area contributed by atoms with Gasteiger partial charge in [0, 0.05) is 12.6 Å². The zero-order valence-corrected chi connectivity index (χ0v) is 27.0. The molecule has 2 atom stereocenters. The molecule has 47 heavy (non-hydrogen) atoms. The van der Waals surface area contributed by atoms with Gasteiger partial charge in [-0.1, -0.05) is 24.8 Å². The third-order valence-corrected chi connectivity index (χ3v) is 7.72. The summed E-state index contributed by atoms with van der Waals surface area (Å²) in [6.45, 7) is 5.48. The number of hydrogen-bond donors (Lipinski definition) is 2. The number of amides is 1. The summed E-state index contributed by atoms with van der Waals surface area (Å²) < 4.78 is 26.9. The van der Waals surface area contributed by atoms with Crippen molar-refractivity contribution in [3.8, 4) is 23.0 Å². The Kier molecular flexibility index (Phi) is 12.8. The number of rotatable bonds is 16. The van der Waals surface area contributed by atoms with E-state index in [0.717, 1.165) is 6.08 Å². The first kappa shape index (κ1) is 36.4. The minimum atomic E-state index is -1.36. The van der Waals surface area contributed by atoms with E-state index in [4.69, 9.17) is 28.8 Å². The van der Waals surface area contributed by atoms with Crippen LogP contribution in [-0.4, -0.2) is 84.7 Å². The molecule has 13 heteroatoms. The number of carbonyl (C=O) groups excluding carboxylic acids is 4. The fourth-order valence-corrected chi connectivity index (χ4v) is 5.12. The van der Waals surface area contributed by atoms with E-state index >= 15 is 0 Å². The van der Waals surface area contributed by atoms with E-state index in [1.165, 1.54) is 33.0 Å². The number of piperidine rings is 1. The van der Waals surface area contributed by atoms with Gasteiger partial charge in [-0.2, -0.15) is 0 Å². The SMILES string of the molecule is C=CC(=O)OCC(C)(C)C(=O)C(=O)N1CCCC[C@H]1C(=O)O[C@H](CCc1ccc(OC)c(OC)c1O)c1cccc(OCC(=O)O)c1. The third kappa shape index (κ3) is 9.47. The van der Waals surface area contributed by atoms with Crippen molar-refractivity contribution in [1.29, 1.82) is 0 Å². The number of hydrogen-bond acceptors (Lipinski definition) is 11. The molecule has 1 aliphatic rings. The van der Waals surface area contributed by atoms with Crippen molar-refractivity contribution in [2.75, 3.05) is 34.0 Å². The number of phenolic OH excluding ortho intramolecular Hbond substituents is 1. The van der Waals surface area contributed by atoms with Gasteiger partial charge < -0.3 is 38.8 Å². The van der Waals surface area contributed by atoms with Crippen LogP contribution in [0.5, 0.6) is 23.0 Å². The summed E-state index contributed by atoms with van der Waals surface area (Å²) in [5.41, 5.74) is -0.389. The molecule has 2 aromatic carbocycles. The molecular weight excluding hydrogens is 614 g/mol. The second kappa shape index (κ2) is 16.5. The largest absolute Gasteiger partial charge is 0.504 e. The molecule has 0 bridgehead atoms. The molecule has 1 amide bonds. The third-order valence-electron chi connectivity index (χ3n) is 7.72. The highest BCUT2D eigenvalue weighted by Crippen LogP contribution is 2.40. The van der Waals surface area contributed by atoms with Crippen molar-refractivity contribution in [3.63, 3.8) is 0 Å². The summed E-state index contributed by atoms with van der Waals surface area (Å²) in [6, 6.07) is 8.65. The first-order valence-electron chi connectivity index (χ1n) is 15.0.